The molecule has 0 saturated heterocycles. The Morgan fingerprint density at radius 2 is 1.82 bits per heavy atom. The summed E-state index contributed by atoms with van der Waals surface area (Å²) in [4.78, 5) is 36.1. The predicted molar refractivity (Wildman–Crippen MR) is 103 cm³/mol. The van der Waals surface area contributed by atoms with Gasteiger partial charge in [-0.2, -0.15) is 0 Å². The first-order valence-corrected chi connectivity index (χ1v) is 11.1. The van der Waals surface area contributed by atoms with Crippen LogP contribution in [0.1, 0.15) is 78.6 Å². The Morgan fingerprint density at radius 3 is 2.57 bits per heavy atom. The Balaban J connectivity index is 1.50. The van der Waals surface area contributed by atoms with Crippen molar-refractivity contribution in [2.24, 2.45) is 34.5 Å². The van der Waals surface area contributed by atoms with Crippen molar-refractivity contribution in [3.05, 3.63) is 0 Å². The Hall–Kier alpha value is -1.39. The maximum atomic E-state index is 13.2. The van der Waals surface area contributed by atoms with Crippen LogP contribution in [0.5, 0.6) is 0 Å². The quantitative estimate of drug-likeness (QED) is 0.679. The molecule has 0 radical (unpaired) electrons. The molecule has 28 heavy (non-hydrogen) atoms. The van der Waals surface area contributed by atoms with Crippen molar-refractivity contribution >= 4 is 17.7 Å². The second kappa shape index (κ2) is 7.14. The molecule has 0 spiro atoms. The van der Waals surface area contributed by atoms with Gasteiger partial charge in [0.25, 0.3) is 0 Å². The molecule has 0 N–H and O–H groups in total. The van der Waals surface area contributed by atoms with Crippen molar-refractivity contribution in [1.82, 2.24) is 0 Å². The van der Waals surface area contributed by atoms with Gasteiger partial charge in [0, 0.05) is 12.3 Å². The van der Waals surface area contributed by atoms with E-state index in [1.165, 1.54) is 45.4 Å². The Labute approximate surface area is 167 Å². The maximum Gasteiger partial charge on any atom is 0.344 e. The van der Waals surface area contributed by atoms with Gasteiger partial charge in [0.05, 0.1) is 0 Å². The van der Waals surface area contributed by atoms with E-state index in [0.29, 0.717) is 29.6 Å². The number of carbonyl (C=O) groups excluding carboxylic acids is 3. The summed E-state index contributed by atoms with van der Waals surface area (Å²) < 4.78 is 10.2. The average molecular weight is 391 g/mol. The first-order valence-electron chi connectivity index (χ1n) is 11.1. The number of carbonyl (C=O) groups is 3. The molecule has 7 atom stereocenters. The standard InChI is InChI=1S/C23H34O5/c1-14(24)27-13-20(25)28-19-12-18-16-8-7-15-6-4-5-10-22(15,2)17(16)9-11-23(18,3)21(19)26/h15-19H,4-13H2,1-3H3/t15-,16-,17-,18-,19-,22+,23-/m1/s1. The highest BCUT2D eigenvalue weighted by Crippen LogP contribution is 2.65. The van der Waals surface area contributed by atoms with Gasteiger partial charge in [-0.25, -0.2) is 4.79 Å². The lowest BCUT2D eigenvalue weighted by molar-refractivity contribution is -0.164. The van der Waals surface area contributed by atoms with Gasteiger partial charge in [-0.05, 0) is 74.0 Å². The van der Waals surface area contributed by atoms with Crippen LogP contribution in [0.25, 0.3) is 0 Å². The van der Waals surface area contributed by atoms with E-state index in [1.807, 2.05) is 0 Å². The molecule has 0 unspecified atom stereocenters. The second-order valence-corrected chi connectivity index (χ2v) is 10.2. The van der Waals surface area contributed by atoms with Crippen LogP contribution in [0.15, 0.2) is 0 Å². The van der Waals surface area contributed by atoms with Crippen LogP contribution < -0.4 is 0 Å². The van der Waals surface area contributed by atoms with Crippen LogP contribution in [-0.4, -0.2) is 30.4 Å². The summed E-state index contributed by atoms with van der Waals surface area (Å²) in [6, 6.07) is 0. The zero-order chi connectivity index (χ0) is 20.1. The summed E-state index contributed by atoms with van der Waals surface area (Å²) in [6.45, 7) is 5.47. The van der Waals surface area contributed by atoms with Crippen molar-refractivity contribution in [3.63, 3.8) is 0 Å². The molecule has 5 nitrogen and oxygen atoms in total. The van der Waals surface area contributed by atoms with Gasteiger partial charge >= 0.3 is 11.9 Å². The van der Waals surface area contributed by atoms with Gasteiger partial charge in [0.15, 0.2) is 18.5 Å². The number of ether oxygens (including phenoxy) is 2. The minimum Gasteiger partial charge on any atom is -0.454 e. The van der Waals surface area contributed by atoms with Gasteiger partial charge in [0.1, 0.15) is 0 Å². The summed E-state index contributed by atoms with van der Waals surface area (Å²) in [5, 5.41) is 0. The molecule has 0 heterocycles. The SMILES string of the molecule is CC(=O)OCC(=O)O[C@@H]1C[C@@H]2[C@@H]3CC[C@H]4CCCC[C@]4(C)[C@@H]3CC[C@@]2(C)C1=O. The number of hydrogen-bond acceptors (Lipinski definition) is 5. The van der Waals surface area contributed by atoms with Gasteiger partial charge in [0.2, 0.25) is 0 Å². The lowest BCUT2D eigenvalue weighted by Crippen LogP contribution is -2.52. The molecule has 5 heteroatoms. The average Bonchev–Trinajstić information content (AvgIpc) is 2.90. The molecule has 0 aliphatic heterocycles. The third-order valence-corrected chi connectivity index (χ3v) is 8.96. The summed E-state index contributed by atoms with van der Waals surface area (Å²) in [7, 11) is 0. The number of fused-ring (bicyclic) bond motifs is 5. The van der Waals surface area contributed by atoms with Crippen molar-refractivity contribution in [3.8, 4) is 0 Å². The van der Waals surface area contributed by atoms with E-state index in [2.05, 4.69) is 13.8 Å². The van der Waals surface area contributed by atoms with Crippen LogP contribution in [-0.2, 0) is 23.9 Å². The number of ketones is 1. The number of esters is 2. The first-order chi connectivity index (χ1) is 13.3. The monoisotopic (exact) mass is 390 g/mol. The van der Waals surface area contributed by atoms with Gasteiger partial charge in [-0.1, -0.05) is 26.7 Å². The van der Waals surface area contributed by atoms with E-state index >= 15 is 0 Å². The molecule has 4 rings (SSSR count). The van der Waals surface area contributed by atoms with E-state index in [9.17, 15) is 14.4 Å². The first kappa shape index (κ1) is 19.9. The topological polar surface area (TPSA) is 69.7 Å². The summed E-state index contributed by atoms with van der Waals surface area (Å²) in [5.41, 5.74) is 0.0566. The third-order valence-electron chi connectivity index (χ3n) is 8.96. The lowest BCUT2D eigenvalue weighted by Gasteiger charge is -2.59. The predicted octanol–water partition coefficient (Wildman–Crippen LogP) is 4.07. The van der Waals surface area contributed by atoms with E-state index in [-0.39, 0.29) is 11.2 Å². The van der Waals surface area contributed by atoms with E-state index in [0.717, 1.165) is 18.8 Å². The smallest absolute Gasteiger partial charge is 0.344 e. The fraction of sp³-hybridized carbons (Fsp3) is 0.870. The van der Waals surface area contributed by atoms with Crippen molar-refractivity contribution in [2.75, 3.05) is 6.61 Å². The van der Waals surface area contributed by atoms with Gasteiger partial charge < -0.3 is 9.47 Å². The highest BCUT2D eigenvalue weighted by molar-refractivity contribution is 5.93. The highest BCUT2D eigenvalue weighted by Gasteiger charge is 2.62. The summed E-state index contributed by atoms with van der Waals surface area (Å²) in [6.07, 6.45) is 9.93. The van der Waals surface area contributed by atoms with Gasteiger partial charge in [-0.15, -0.1) is 0 Å². The molecule has 4 aliphatic rings. The largest absolute Gasteiger partial charge is 0.454 e. The lowest BCUT2D eigenvalue weighted by atomic mass is 9.45. The molecule has 4 aliphatic carbocycles. The zero-order valence-electron chi connectivity index (χ0n) is 17.5. The van der Waals surface area contributed by atoms with Gasteiger partial charge in [-0.3, -0.25) is 9.59 Å². The molecule has 156 valence electrons. The molecular formula is C23H34O5. The van der Waals surface area contributed by atoms with Crippen LogP contribution in [0.2, 0.25) is 0 Å². The van der Waals surface area contributed by atoms with Crippen LogP contribution >= 0.6 is 0 Å². The maximum absolute atomic E-state index is 13.2. The highest BCUT2D eigenvalue weighted by atomic mass is 16.6. The fourth-order valence-corrected chi connectivity index (χ4v) is 7.52. The van der Waals surface area contributed by atoms with Crippen LogP contribution in [0.4, 0.5) is 0 Å². The Morgan fingerprint density at radius 1 is 1.04 bits per heavy atom. The molecule has 0 bridgehead atoms. The number of rotatable bonds is 3. The van der Waals surface area contributed by atoms with Crippen LogP contribution in [0, 0.1) is 34.5 Å². The molecule has 0 amide bonds. The molecule has 0 aromatic carbocycles. The Kier molecular flexibility index (Phi) is 5.08. The van der Waals surface area contributed by atoms with Crippen molar-refractivity contribution in [2.45, 2.75) is 84.7 Å². The molecular weight excluding hydrogens is 356 g/mol. The normalized spacial score (nSPS) is 44.8. The number of hydrogen-bond donors (Lipinski definition) is 0. The molecule has 0 aromatic heterocycles. The third kappa shape index (κ3) is 3.09. The van der Waals surface area contributed by atoms with E-state index < -0.39 is 24.6 Å². The minimum atomic E-state index is -0.673. The number of Topliss-reactive ketones (excluding diaryl/α,β-unsaturated/α-hetero) is 1. The molecule has 4 fully saturated rings. The zero-order valence-corrected chi connectivity index (χ0v) is 17.5. The summed E-state index contributed by atoms with van der Waals surface area (Å²) >= 11 is 0. The van der Waals surface area contributed by atoms with E-state index in [1.54, 1.807) is 0 Å². The molecule has 4 saturated carbocycles. The van der Waals surface area contributed by atoms with Crippen LogP contribution in [0.3, 0.4) is 0 Å². The van der Waals surface area contributed by atoms with E-state index in [4.69, 9.17) is 9.47 Å². The summed E-state index contributed by atoms with van der Waals surface area (Å²) in [5.74, 6) is 1.38. The molecule has 0 aromatic rings. The second-order valence-electron chi connectivity index (χ2n) is 10.2. The van der Waals surface area contributed by atoms with Crippen molar-refractivity contribution < 1.29 is 23.9 Å². The minimum absolute atomic E-state index is 0.0862. The fourth-order valence-electron chi connectivity index (χ4n) is 7.52. The van der Waals surface area contributed by atoms with Crippen molar-refractivity contribution in [1.29, 1.82) is 0 Å². The Bertz CT molecular complexity index is 672.